The molecule has 2 nitrogen and oxygen atoms in total. The lowest BCUT2D eigenvalue weighted by Crippen LogP contribution is -2.40. The van der Waals surface area contributed by atoms with Crippen molar-refractivity contribution in [1.29, 1.82) is 0 Å². The normalized spacial score (nSPS) is 21.0. The number of benzene rings is 2. The Hall–Kier alpha value is -2.10. The quantitative estimate of drug-likeness (QED) is 0.468. The summed E-state index contributed by atoms with van der Waals surface area (Å²) in [5.74, 6) is 1.92. The molecule has 0 atom stereocenters. The van der Waals surface area contributed by atoms with Gasteiger partial charge in [-0.1, -0.05) is 31.2 Å². The van der Waals surface area contributed by atoms with Crippen LogP contribution >= 0.6 is 11.3 Å². The van der Waals surface area contributed by atoms with E-state index in [1.54, 1.807) is 11.3 Å². The number of rotatable bonds is 6. The van der Waals surface area contributed by atoms with Crippen LogP contribution in [0, 0.1) is 12.8 Å². The lowest BCUT2D eigenvalue weighted by molar-refractivity contribution is 0.0842. The zero-order chi connectivity index (χ0) is 19.8. The molecule has 0 N–H and O–H groups in total. The fourth-order valence-corrected chi connectivity index (χ4v) is 5.47. The summed E-state index contributed by atoms with van der Waals surface area (Å²) in [4.78, 5) is 2.65. The molecule has 0 bridgehead atoms. The molecule has 1 aliphatic carbocycles. The van der Waals surface area contributed by atoms with E-state index in [4.69, 9.17) is 4.74 Å². The zero-order valence-corrected chi connectivity index (χ0v) is 18.2. The van der Waals surface area contributed by atoms with Crippen LogP contribution in [0.15, 0.2) is 53.2 Å². The number of thiophene rings is 1. The maximum Gasteiger partial charge on any atom is 0.119 e. The Labute approximate surface area is 178 Å². The van der Waals surface area contributed by atoms with Gasteiger partial charge in [0.25, 0.3) is 0 Å². The number of ether oxygens (including phenoxy) is 1. The van der Waals surface area contributed by atoms with Crippen molar-refractivity contribution in [1.82, 2.24) is 4.90 Å². The highest BCUT2D eigenvalue weighted by molar-refractivity contribution is 7.08. The monoisotopic (exact) mass is 403 g/mol. The zero-order valence-electron chi connectivity index (χ0n) is 17.4. The maximum atomic E-state index is 6.11. The Morgan fingerprint density at radius 3 is 2.66 bits per heavy atom. The van der Waals surface area contributed by atoms with Crippen LogP contribution < -0.4 is 4.74 Å². The number of fused-ring (bicyclic) bond motifs is 1. The van der Waals surface area contributed by atoms with Crippen LogP contribution in [0.3, 0.4) is 0 Å². The predicted octanol–water partition coefficient (Wildman–Crippen LogP) is 6.46. The molecular weight excluding hydrogens is 374 g/mol. The van der Waals surface area contributed by atoms with E-state index in [0.29, 0.717) is 0 Å². The molecular formula is C26H29NOS. The van der Waals surface area contributed by atoms with Crippen LogP contribution in [0.1, 0.15) is 42.0 Å². The van der Waals surface area contributed by atoms with Crippen LogP contribution in [0.2, 0.25) is 0 Å². The molecule has 0 amide bonds. The molecule has 5 rings (SSSR count). The molecule has 3 heteroatoms. The molecule has 1 aliphatic heterocycles. The van der Waals surface area contributed by atoms with Gasteiger partial charge in [-0.15, -0.1) is 0 Å². The van der Waals surface area contributed by atoms with Crippen molar-refractivity contribution in [3.8, 4) is 16.9 Å². The fraction of sp³-hybridized carbons (Fsp3) is 0.385. The summed E-state index contributed by atoms with van der Waals surface area (Å²) in [5.41, 5.74) is 8.27. The number of hydrogen-bond donors (Lipinski definition) is 0. The van der Waals surface area contributed by atoms with E-state index in [9.17, 15) is 0 Å². The maximum absolute atomic E-state index is 6.11. The lowest BCUT2D eigenvalue weighted by Gasteiger charge is -2.39. The fourth-order valence-electron chi connectivity index (χ4n) is 4.81. The Bertz CT molecular complexity index is 988. The van der Waals surface area contributed by atoms with Crippen LogP contribution in [-0.2, 0) is 19.5 Å². The summed E-state index contributed by atoms with van der Waals surface area (Å²) in [6.45, 7) is 7.49. The standard InChI is InChI=1S/C26H29NOS/c1-18-11-24(12-18)27-15-21-4-5-25(14-23(21)16-27)28-9-7-20-3-6-26(19(2)13-20)22-8-10-29-17-22/h3-6,8,10,13-14,17-18,24H,7,9,11-12,15-16H2,1-2H3. The summed E-state index contributed by atoms with van der Waals surface area (Å²) in [6.07, 6.45) is 3.66. The van der Waals surface area contributed by atoms with Gasteiger partial charge in [0.2, 0.25) is 0 Å². The van der Waals surface area contributed by atoms with Gasteiger partial charge in [0.15, 0.2) is 0 Å². The van der Waals surface area contributed by atoms with Crippen molar-refractivity contribution in [2.24, 2.45) is 5.92 Å². The van der Waals surface area contributed by atoms with Crippen LogP contribution in [0.4, 0.5) is 0 Å². The molecule has 3 aromatic rings. The number of nitrogens with zero attached hydrogens (tertiary/aromatic N) is 1. The second-order valence-electron chi connectivity index (χ2n) is 8.83. The molecule has 150 valence electrons. The Kier molecular flexibility index (Phi) is 5.19. The molecule has 2 aliphatic rings. The molecule has 1 saturated carbocycles. The first-order valence-corrected chi connectivity index (χ1v) is 11.7. The van der Waals surface area contributed by atoms with E-state index in [-0.39, 0.29) is 0 Å². The van der Waals surface area contributed by atoms with Crippen LogP contribution in [-0.4, -0.2) is 17.5 Å². The highest BCUT2D eigenvalue weighted by atomic mass is 32.1. The van der Waals surface area contributed by atoms with Gasteiger partial charge in [-0.3, -0.25) is 4.90 Å². The summed E-state index contributed by atoms with van der Waals surface area (Å²) in [6, 6.07) is 16.5. The number of aryl methyl sites for hydroxylation is 1. The van der Waals surface area contributed by atoms with Gasteiger partial charge in [0.05, 0.1) is 6.61 Å². The Morgan fingerprint density at radius 1 is 1.03 bits per heavy atom. The van der Waals surface area contributed by atoms with Crippen molar-refractivity contribution in [3.63, 3.8) is 0 Å². The molecule has 2 aromatic carbocycles. The Morgan fingerprint density at radius 2 is 1.90 bits per heavy atom. The van der Waals surface area contributed by atoms with Crippen molar-refractivity contribution in [2.75, 3.05) is 6.61 Å². The van der Waals surface area contributed by atoms with E-state index in [1.807, 2.05) is 0 Å². The topological polar surface area (TPSA) is 12.5 Å². The molecule has 29 heavy (non-hydrogen) atoms. The van der Waals surface area contributed by atoms with E-state index in [0.717, 1.165) is 43.8 Å². The van der Waals surface area contributed by atoms with Gasteiger partial charge in [-0.25, -0.2) is 0 Å². The van der Waals surface area contributed by atoms with Crippen LogP contribution in [0.25, 0.3) is 11.1 Å². The van der Waals surface area contributed by atoms with Crippen molar-refractivity contribution in [3.05, 3.63) is 75.5 Å². The number of hydrogen-bond acceptors (Lipinski definition) is 3. The highest BCUT2D eigenvalue weighted by Crippen LogP contribution is 2.37. The predicted molar refractivity (Wildman–Crippen MR) is 122 cm³/mol. The second-order valence-corrected chi connectivity index (χ2v) is 9.61. The minimum absolute atomic E-state index is 0.722. The minimum atomic E-state index is 0.722. The van der Waals surface area contributed by atoms with E-state index >= 15 is 0 Å². The van der Waals surface area contributed by atoms with Gasteiger partial charge in [0, 0.05) is 25.6 Å². The highest BCUT2D eigenvalue weighted by Gasteiger charge is 2.33. The average molecular weight is 404 g/mol. The summed E-state index contributed by atoms with van der Waals surface area (Å²) in [7, 11) is 0. The van der Waals surface area contributed by atoms with Gasteiger partial charge < -0.3 is 4.74 Å². The van der Waals surface area contributed by atoms with Gasteiger partial charge in [-0.05, 0) is 88.0 Å². The van der Waals surface area contributed by atoms with E-state index in [1.165, 1.54) is 46.2 Å². The first-order chi connectivity index (χ1) is 14.2. The third-order valence-corrected chi connectivity index (χ3v) is 7.26. The van der Waals surface area contributed by atoms with Crippen LogP contribution in [0.5, 0.6) is 5.75 Å². The smallest absolute Gasteiger partial charge is 0.119 e. The molecule has 0 radical (unpaired) electrons. The first-order valence-electron chi connectivity index (χ1n) is 10.8. The lowest BCUT2D eigenvalue weighted by atomic mass is 9.81. The average Bonchev–Trinajstić information content (AvgIpc) is 3.35. The largest absolute Gasteiger partial charge is 0.493 e. The molecule has 0 saturated heterocycles. The van der Waals surface area contributed by atoms with Gasteiger partial charge in [0.1, 0.15) is 5.75 Å². The molecule has 0 spiro atoms. The van der Waals surface area contributed by atoms with Crippen molar-refractivity contribution < 1.29 is 4.74 Å². The third kappa shape index (κ3) is 3.99. The Balaban J connectivity index is 1.17. The van der Waals surface area contributed by atoms with Gasteiger partial charge >= 0.3 is 0 Å². The molecule has 1 aromatic heterocycles. The summed E-state index contributed by atoms with van der Waals surface area (Å²) < 4.78 is 6.11. The molecule has 1 fully saturated rings. The molecule has 0 unspecified atom stereocenters. The molecule has 2 heterocycles. The minimum Gasteiger partial charge on any atom is -0.493 e. The van der Waals surface area contributed by atoms with E-state index < -0.39 is 0 Å². The summed E-state index contributed by atoms with van der Waals surface area (Å²) in [5, 5.41) is 4.35. The second kappa shape index (κ2) is 7.97. The van der Waals surface area contributed by atoms with E-state index in [2.05, 4.69) is 72.0 Å². The SMILES string of the molecule is Cc1cc(CCOc2ccc3c(c2)CN(C2CC(C)C2)C3)ccc1-c1ccsc1. The third-order valence-electron chi connectivity index (χ3n) is 6.57. The van der Waals surface area contributed by atoms with Crippen molar-refractivity contribution in [2.45, 2.75) is 52.2 Å². The first kappa shape index (κ1) is 18.9. The summed E-state index contributed by atoms with van der Waals surface area (Å²) >= 11 is 1.75. The van der Waals surface area contributed by atoms with Gasteiger partial charge in [-0.2, -0.15) is 11.3 Å². The van der Waals surface area contributed by atoms with Crippen molar-refractivity contribution >= 4 is 11.3 Å².